The molecule has 2 nitrogen and oxygen atoms in total. The molecule has 2 aromatic carbocycles. The molecule has 0 unspecified atom stereocenters. The number of ketones is 1. The zero-order chi connectivity index (χ0) is 15.2. The van der Waals surface area contributed by atoms with Crippen LogP contribution in [-0.4, -0.2) is 12.4 Å². The zero-order valence-corrected chi connectivity index (χ0v) is 13.9. The number of hydrogen-bond donors (Lipinski definition) is 0. The average molecular weight is 347 g/mol. The van der Waals surface area contributed by atoms with Crippen LogP contribution in [0.3, 0.4) is 0 Å². The van der Waals surface area contributed by atoms with Gasteiger partial charge < -0.3 is 4.74 Å². The lowest BCUT2D eigenvalue weighted by Gasteiger charge is -2.10. The van der Waals surface area contributed by atoms with Crippen LogP contribution in [0.5, 0.6) is 5.75 Å². The Balaban J connectivity index is 1.80. The Morgan fingerprint density at radius 3 is 2.52 bits per heavy atom. The molecule has 0 bridgehead atoms. The van der Waals surface area contributed by atoms with E-state index in [1.807, 2.05) is 36.4 Å². The summed E-state index contributed by atoms with van der Waals surface area (Å²) in [5.41, 5.74) is 3.14. The Kier molecular flexibility index (Phi) is 5.57. The van der Waals surface area contributed by atoms with Crippen LogP contribution in [0.15, 0.2) is 46.9 Å². The lowest BCUT2D eigenvalue weighted by Crippen LogP contribution is -2.04. The molecule has 0 atom stereocenters. The normalized spacial score (nSPS) is 10.4. The largest absolute Gasteiger partial charge is 0.493 e. The number of carbonyl (C=O) groups excluding carboxylic acids is 1. The first-order chi connectivity index (χ1) is 10.1. The Bertz CT molecular complexity index is 618. The van der Waals surface area contributed by atoms with E-state index in [9.17, 15) is 4.79 Å². The van der Waals surface area contributed by atoms with Crippen molar-refractivity contribution in [1.29, 1.82) is 0 Å². The van der Waals surface area contributed by atoms with Crippen molar-refractivity contribution in [2.24, 2.45) is 0 Å². The summed E-state index contributed by atoms with van der Waals surface area (Å²) in [5.74, 6) is 1.07. The van der Waals surface area contributed by atoms with Gasteiger partial charge in [0.15, 0.2) is 5.78 Å². The third kappa shape index (κ3) is 4.43. The van der Waals surface area contributed by atoms with Gasteiger partial charge >= 0.3 is 0 Å². The molecule has 0 aliphatic rings. The second-order valence-corrected chi connectivity index (χ2v) is 6.00. The zero-order valence-electron chi connectivity index (χ0n) is 12.4. The molecule has 0 aliphatic heterocycles. The van der Waals surface area contributed by atoms with Crippen molar-refractivity contribution >= 4 is 21.7 Å². The van der Waals surface area contributed by atoms with E-state index >= 15 is 0 Å². The number of halogens is 1. The molecule has 3 heteroatoms. The summed E-state index contributed by atoms with van der Waals surface area (Å²) in [6.07, 6.45) is 1.23. The van der Waals surface area contributed by atoms with Crippen LogP contribution in [-0.2, 0) is 0 Å². The molecule has 0 spiro atoms. The van der Waals surface area contributed by atoms with Crippen molar-refractivity contribution in [2.75, 3.05) is 6.61 Å². The van der Waals surface area contributed by atoms with Gasteiger partial charge in [-0.05, 0) is 49.6 Å². The molecule has 0 amide bonds. The van der Waals surface area contributed by atoms with Gasteiger partial charge in [0, 0.05) is 16.5 Å². The minimum atomic E-state index is 0.159. The van der Waals surface area contributed by atoms with Crippen LogP contribution < -0.4 is 4.74 Å². The fourth-order valence-corrected chi connectivity index (χ4v) is 2.34. The van der Waals surface area contributed by atoms with E-state index in [4.69, 9.17) is 4.74 Å². The van der Waals surface area contributed by atoms with Crippen LogP contribution in [0.25, 0.3) is 0 Å². The van der Waals surface area contributed by atoms with Crippen LogP contribution in [0.4, 0.5) is 0 Å². The standard InChI is InChI=1S/C18H19BrO2/c1-13-5-3-7-18(14(13)2)21-12-4-6-17(20)15-8-10-16(19)11-9-15/h3,5,7-11H,4,6,12H2,1-2H3. The average Bonchev–Trinajstić information content (AvgIpc) is 2.48. The van der Waals surface area contributed by atoms with Gasteiger partial charge in [-0.25, -0.2) is 0 Å². The number of benzene rings is 2. The van der Waals surface area contributed by atoms with Gasteiger partial charge in [-0.15, -0.1) is 0 Å². The molecule has 0 fully saturated rings. The van der Waals surface area contributed by atoms with Crippen LogP contribution in [0.1, 0.15) is 34.3 Å². The van der Waals surface area contributed by atoms with Crippen molar-refractivity contribution in [2.45, 2.75) is 26.7 Å². The number of aryl methyl sites for hydroxylation is 1. The quantitative estimate of drug-likeness (QED) is 0.536. The van der Waals surface area contributed by atoms with Crippen molar-refractivity contribution in [3.8, 4) is 5.75 Å². The summed E-state index contributed by atoms with van der Waals surface area (Å²) >= 11 is 3.37. The molecular weight excluding hydrogens is 328 g/mol. The van der Waals surface area contributed by atoms with Gasteiger partial charge in [0.25, 0.3) is 0 Å². The molecule has 2 aromatic rings. The topological polar surface area (TPSA) is 26.3 Å². The van der Waals surface area contributed by atoms with E-state index in [0.29, 0.717) is 13.0 Å². The second-order valence-electron chi connectivity index (χ2n) is 5.08. The predicted octanol–water partition coefficient (Wildman–Crippen LogP) is 5.11. The third-order valence-corrected chi connectivity index (χ3v) is 4.06. The highest BCUT2D eigenvalue weighted by molar-refractivity contribution is 9.10. The Morgan fingerprint density at radius 1 is 1.10 bits per heavy atom. The molecule has 0 aliphatic carbocycles. The predicted molar refractivity (Wildman–Crippen MR) is 89.1 cm³/mol. The molecule has 110 valence electrons. The maximum absolute atomic E-state index is 12.0. The van der Waals surface area contributed by atoms with E-state index < -0.39 is 0 Å². The SMILES string of the molecule is Cc1cccc(OCCCC(=O)c2ccc(Br)cc2)c1C. The van der Waals surface area contributed by atoms with Crippen molar-refractivity contribution in [3.63, 3.8) is 0 Å². The smallest absolute Gasteiger partial charge is 0.163 e. The van der Waals surface area contributed by atoms with Gasteiger partial charge in [-0.1, -0.05) is 40.2 Å². The third-order valence-electron chi connectivity index (χ3n) is 3.53. The Labute approximate surface area is 134 Å². The summed E-state index contributed by atoms with van der Waals surface area (Å²) in [6, 6.07) is 13.5. The monoisotopic (exact) mass is 346 g/mol. The first kappa shape index (κ1) is 15.8. The highest BCUT2D eigenvalue weighted by Crippen LogP contribution is 2.21. The first-order valence-electron chi connectivity index (χ1n) is 7.05. The van der Waals surface area contributed by atoms with E-state index in [0.717, 1.165) is 27.8 Å². The second kappa shape index (κ2) is 7.41. The number of carbonyl (C=O) groups is 1. The molecule has 21 heavy (non-hydrogen) atoms. The fraction of sp³-hybridized carbons (Fsp3) is 0.278. The van der Waals surface area contributed by atoms with Crippen molar-refractivity contribution < 1.29 is 9.53 Å². The van der Waals surface area contributed by atoms with E-state index in [-0.39, 0.29) is 5.78 Å². The number of ether oxygens (including phenoxy) is 1. The summed E-state index contributed by atoms with van der Waals surface area (Å²) in [5, 5.41) is 0. The lowest BCUT2D eigenvalue weighted by atomic mass is 10.1. The maximum Gasteiger partial charge on any atom is 0.163 e. The van der Waals surface area contributed by atoms with Gasteiger partial charge in [0.05, 0.1) is 6.61 Å². The van der Waals surface area contributed by atoms with E-state index in [1.165, 1.54) is 5.56 Å². The fourth-order valence-electron chi connectivity index (χ4n) is 2.08. The molecule has 0 N–H and O–H groups in total. The summed E-state index contributed by atoms with van der Waals surface area (Å²) in [7, 11) is 0. The Hall–Kier alpha value is -1.61. The van der Waals surface area contributed by atoms with Crippen LogP contribution >= 0.6 is 15.9 Å². The van der Waals surface area contributed by atoms with Gasteiger partial charge in [-0.2, -0.15) is 0 Å². The molecule has 0 heterocycles. The van der Waals surface area contributed by atoms with E-state index in [2.05, 4.69) is 35.8 Å². The molecule has 0 aromatic heterocycles. The summed E-state index contributed by atoms with van der Waals surface area (Å²) < 4.78 is 6.75. The molecule has 0 saturated carbocycles. The molecule has 2 rings (SSSR count). The van der Waals surface area contributed by atoms with Gasteiger partial charge in [0.1, 0.15) is 5.75 Å². The van der Waals surface area contributed by atoms with Crippen LogP contribution in [0, 0.1) is 13.8 Å². The summed E-state index contributed by atoms with van der Waals surface area (Å²) in [6.45, 7) is 4.68. The van der Waals surface area contributed by atoms with Crippen molar-refractivity contribution in [1.82, 2.24) is 0 Å². The minimum absolute atomic E-state index is 0.159. The highest BCUT2D eigenvalue weighted by atomic mass is 79.9. The number of rotatable bonds is 6. The number of Topliss-reactive ketones (excluding diaryl/α,β-unsaturated/α-hetero) is 1. The van der Waals surface area contributed by atoms with Crippen molar-refractivity contribution in [3.05, 3.63) is 63.6 Å². The van der Waals surface area contributed by atoms with Gasteiger partial charge in [0.2, 0.25) is 0 Å². The highest BCUT2D eigenvalue weighted by Gasteiger charge is 2.06. The molecule has 0 radical (unpaired) electrons. The van der Waals surface area contributed by atoms with Gasteiger partial charge in [-0.3, -0.25) is 4.79 Å². The number of hydrogen-bond acceptors (Lipinski definition) is 2. The maximum atomic E-state index is 12.0. The first-order valence-corrected chi connectivity index (χ1v) is 7.85. The minimum Gasteiger partial charge on any atom is -0.493 e. The summed E-state index contributed by atoms with van der Waals surface area (Å²) in [4.78, 5) is 12.0. The molecule has 0 saturated heterocycles. The van der Waals surface area contributed by atoms with Crippen LogP contribution in [0.2, 0.25) is 0 Å². The van der Waals surface area contributed by atoms with E-state index in [1.54, 1.807) is 0 Å². The Morgan fingerprint density at radius 2 is 1.81 bits per heavy atom. The molecular formula is C18H19BrO2. The lowest BCUT2D eigenvalue weighted by molar-refractivity contribution is 0.0973.